The highest BCUT2D eigenvalue weighted by Gasteiger charge is 2.18. The number of ether oxygens (including phenoxy) is 4. The Morgan fingerprint density at radius 2 is 1.76 bits per heavy atom. The second kappa shape index (κ2) is 12.2. The number of carbonyl (C=O) groups excluding carboxylic acids is 1. The SMILES string of the molecule is C=CCN=c1scc(-c2cccs2)n1N=Cc1ccc(OC(=O)c2cc(OC)c(OC)c(OC)c2)cc1. The molecule has 0 atom stereocenters. The maximum atomic E-state index is 12.8. The summed E-state index contributed by atoms with van der Waals surface area (Å²) in [6, 6.07) is 14.2. The zero-order valence-electron chi connectivity index (χ0n) is 20.5. The Morgan fingerprint density at radius 3 is 2.35 bits per heavy atom. The van der Waals surface area contributed by atoms with E-state index in [9.17, 15) is 4.79 Å². The molecule has 0 unspecified atom stereocenters. The fraction of sp³-hybridized carbons (Fsp3) is 0.148. The summed E-state index contributed by atoms with van der Waals surface area (Å²) >= 11 is 3.16. The molecule has 0 fully saturated rings. The zero-order valence-corrected chi connectivity index (χ0v) is 22.2. The van der Waals surface area contributed by atoms with Crippen molar-refractivity contribution in [1.82, 2.24) is 4.68 Å². The Hall–Kier alpha value is -4.15. The van der Waals surface area contributed by atoms with Gasteiger partial charge in [-0.15, -0.1) is 29.3 Å². The van der Waals surface area contributed by atoms with Crippen LogP contribution in [0.25, 0.3) is 10.6 Å². The number of thiazole rings is 1. The van der Waals surface area contributed by atoms with Gasteiger partial charge in [0, 0.05) is 5.38 Å². The Kier molecular flexibility index (Phi) is 8.55. The van der Waals surface area contributed by atoms with Gasteiger partial charge in [-0.25, -0.2) is 9.47 Å². The summed E-state index contributed by atoms with van der Waals surface area (Å²) in [6.07, 6.45) is 3.48. The minimum Gasteiger partial charge on any atom is -0.493 e. The van der Waals surface area contributed by atoms with Crippen molar-refractivity contribution in [1.29, 1.82) is 0 Å². The highest BCUT2D eigenvalue weighted by molar-refractivity contribution is 7.14. The quantitative estimate of drug-likeness (QED) is 0.116. The highest BCUT2D eigenvalue weighted by Crippen LogP contribution is 2.38. The van der Waals surface area contributed by atoms with Crippen molar-refractivity contribution in [2.45, 2.75) is 0 Å². The lowest BCUT2D eigenvalue weighted by molar-refractivity contribution is 0.0734. The molecule has 0 radical (unpaired) electrons. The molecule has 2 aromatic heterocycles. The molecule has 2 heterocycles. The molecule has 0 N–H and O–H groups in total. The van der Waals surface area contributed by atoms with Crippen molar-refractivity contribution in [2.75, 3.05) is 27.9 Å². The van der Waals surface area contributed by atoms with Crippen molar-refractivity contribution in [3.05, 3.63) is 87.9 Å². The molecule has 0 aliphatic rings. The smallest absolute Gasteiger partial charge is 0.343 e. The minimum atomic E-state index is -0.552. The van der Waals surface area contributed by atoms with Crippen LogP contribution in [0.15, 0.2) is 82.0 Å². The number of carbonyl (C=O) groups is 1. The number of thiophene rings is 1. The van der Waals surface area contributed by atoms with Crippen LogP contribution in [0.1, 0.15) is 15.9 Å². The first-order chi connectivity index (χ1) is 18.1. The number of methoxy groups -OCH3 is 3. The van der Waals surface area contributed by atoms with Crippen LogP contribution in [0.3, 0.4) is 0 Å². The Bertz CT molecular complexity index is 1440. The molecule has 190 valence electrons. The van der Waals surface area contributed by atoms with Gasteiger partial charge < -0.3 is 18.9 Å². The average Bonchev–Trinajstić information content (AvgIpc) is 3.60. The van der Waals surface area contributed by atoms with Crippen molar-refractivity contribution >= 4 is 34.9 Å². The molecule has 8 nitrogen and oxygen atoms in total. The van der Waals surface area contributed by atoms with Crippen LogP contribution in [0.5, 0.6) is 23.0 Å². The van der Waals surface area contributed by atoms with E-state index in [0.717, 1.165) is 20.9 Å². The number of nitrogens with zero attached hydrogens (tertiary/aromatic N) is 3. The van der Waals surface area contributed by atoms with E-state index in [0.29, 0.717) is 29.5 Å². The highest BCUT2D eigenvalue weighted by atomic mass is 32.1. The molecule has 4 aromatic rings. The largest absolute Gasteiger partial charge is 0.493 e. The fourth-order valence-electron chi connectivity index (χ4n) is 3.37. The molecule has 0 saturated carbocycles. The van der Waals surface area contributed by atoms with E-state index in [1.807, 2.05) is 39.7 Å². The maximum Gasteiger partial charge on any atom is 0.343 e. The van der Waals surface area contributed by atoms with Gasteiger partial charge >= 0.3 is 5.97 Å². The molecule has 0 amide bonds. The van der Waals surface area contributed by atoms with Crippen molar-refractivity contribution in [2.24, 2.45) is 10.1 Å². The molecule has 4 rings (SSSR count). The lowest BCUT2D eigenvalue weighted by Gasteiger charge is -2.13. The molecule has 37 heavy (non-hydrogen) atoms. The van der Waals surface area contributed by atoms with Crippen LogP contribution in [0.2, 0.25) is 0 Å². The van der Waals surface area contributed by atoms with Crippen LogP contribution in [0.4, 0.5) is 0 Å². The standard InChI is InChI=1S/C27H25N3O5S2/c1-5-12-28-27-30(21(17-37-27)24-7-6-13-36-24)29-16-18-8-10-20(11-9-18)35-26(31)19-14-22(32-2)25(34-4)23(15-19)33-3/h5-11,13-17H,1,12H2,2-4H3. The number of hydrogen-bond donors (Lipinski definition) is 0. The van der Waals surface area contributed by atoms with E-state index in [1.54, 1.807) is 47.9 Å². The van der Waals surface area contributed by atoms with Crippen LogP contribution >= 0.6 is 22.7 Å². The van der Waals surface area contributed by atoms with E-state index in [1.165, 1.54) is 32.7 Å². The summed E-state index contributed by atoms with van der Waals surface area (Å²) in [7, 11) is 4.47. The Morgan fingerprint density at radius 1 is 1.03 bits per heavy atom. The summed E-state index contributed by atoms with van der Waals surface area (Å²) < 4.78 is 23.3. The molecule has 0 aliphatic heterocycles. The monoisotopic (exact) mass is 535 g/mol. The van der Waals surface area contributed by atoms with E-state index in [4.69, 9.17) is 18.9 Å². The summed E-state index contributed by atoms with van der Waals surface area (Å²) in [5.74, 6) is 0.972. The van der Waals surface area contributed by atoms with Crippen molar-refractivity contribution < 1.29 is 23.7 Å². The van der Waals surface area contributed by atoms with Gasteiger partial charge in [0.15, 0.2) is 11.5 Å². The third kappa shape index (κ3) is 5.99. The van der Waals surface area contributed by atoms with Gasteiger partial charge in [-0.1, -0.05) is 12.1 Å². The normalized spacial score (nSPS) is 11.5. The van der Waals surface area contributed by atoms with Crippen LogP contribution < -0.4 is 23.7 Å². The Balaban J connectivity index is 1.53. The van der Waals surface area contributed by atoms with Crippen LogP contribution in [-0.2, 0) is 0 Å². The third-order valence-corrected chi connectivity index (χ3v) is 6.87. The van der Waals surface area contributed by atoms with E-state index in [2.05, 4.69) is 16.7 Å². The van der Waals surface area contributed by atoms with Gasteiger partial charge in [-0.2, -0.15) is 5.10 Å². The number of rotatable bonds is 10. The number of hydrogen-bond acceptors (Lipinski definition) is 9. The first-order valence-corrected chi connectivity index (χ1v) is 12.9. The maximum absolute atomic E-state index is 12.8. The van der Waals surface area contributed by atoms with Gasteiger partial charge in [0.2, 0.25) is 10.6 Å². The van der Waals surface area contributed by atoms with Crippen molar-refractivity contribution in [3.63, 3.8) is 0 Å². The molecule has 0 bridgehead atoms. The van der Waals surface area contributed by atoms with Crippen LogP contribution in [0, 0.1) is 0 Å². The van der Waals surface area contributed by atoms with Gasteiger partial charge in [-0.3, -0.25) is 4.99 Å². The topological polar surface area (TPSA) is 83.6 Å². The lowest BCUT2D eigenvalue weighted by Crippen LogP contribution is -2.12. The van der Waals surface area contributed by atoms with Gasteiger partial charge in [0.25, 0.3) is 0 Å². The van der Waals surface area contributed by atoms with Crippen molar-refractivity contribution in [3.8, 4) is 33.6 Å². The van der Waals surface area contributed by atoms with E-state index < -0.39 is 5.97 Å². The summed E-state index contributed by atoms with van der Waals surface area (Å²) in [5, 5.41) is 8.74. The summed E-state index contributed by atoms with van der Waals surface area (Å²) in [5.41, 5.74) is 2.07. The van der Waals surface area contributed by atoms with Gasteiger partial charge in [0.1, 0.15) is 5.75 Å². The Labute approximate surface area is 222 Å². The average molecular weight is 536 g/mol. The molecular weight excluding hydrogens is 510 g/mol. The molecule has 0 spiro atoms. The van der Waals surface area contributed by atoms with Gasteiger partial charge in [-0.05, 0) is 53.4 Å². The second-order valence-corrected chi connectivity index (χ2v) is 9.22. The number of aromatic nitrogens is 1. The van der Waals surface area contributed by atoms with Crippen LogP contribution in [-0.4, -0.2) is 44.7 Å². The molecule has 2 aromatic carbocycles. The molecule has 0 aliphatic carbocycles. The minimum absolute atomic E-state index is 0.269. The summed E-state index contributed by atoms with van der Waals surface area (Å²) in [4.78, 5) is 19.2. The fourth-order valence-corrected chi connectivity index (χ4v) is 5.01. The first kappa shape index (κ1) is 25.9. The van der Waals surface area contributed by atoms with E-state index in [-0.39, 0.29) is 5.56 Å². The van der Waals surface area contributed by atoms with E-state index >= 15 is 0 Å². The zero-order chi connectivity index (χ0) is 26.2. The van der Waals surface area contributed by atoms with Gasteiger partial charge in [0.05, 0.1) is 50.2 Å². The molecule has 0 saturated heterocycles. The lowest BCUT2D eigenvalue weighted by atomic mass is 10.2. The molecule has 10 heteroatoms. The summed E-state index contributed by atoms with van der Waals surface area (Å²) in [6.45, 7) is 4.25. The molecular formula is C27H25N3O5S2. The number of esters is 1. The number of benzene rings is 2. The third-order valence-electron chi connectivity index (χ3n) is 5.13. The second-order valence-electron chi connectivity index (χ2n) is 7.44. The first-order valence-electron chi connectivity index (χ1n) is 11.1. The predicted molar refractivity (Wildman–Crippen MR) is 147 cm³/mol. The predicted octanol–water partition coefficient (Wildman–Crippen LogP) is 5.49.